The predicted octanol–water partition coefficient (Wildman–Crippen LogP) is 3.14. The van der Waals surface area contributed by atoms with E-state index in [9.17, 15) is 18.0 Å². The van der Waals surface area contributed by atoms with E-state index < -0.39 is 20.7 Å². The Kier molecular flexibility index (Phi) is 4.97. The lowest BCUT2D eigenvalue weighted by Gasteiger charge is -2.28. The van der Waals surface area contributed by atoms with Gasteiger partial charge in [-0.2, -0.15) is 0 Å². The third kappa shape index (κ3) is 3.38. The fourth-order valence-electron chi connectivity index (χ4n) is 4.48. The number of aryl methyl sites for hydroxylation is 1. The molecule has 2 heterocycles. The molecule has 0 aliphatic carbocycles. The molecular weight excluding hydrogens is 438 g/mol. The SMILES string of the molecule is Cc1ccc(C(=O)N2CCc3cc(S(=O)(=O)C4(c5ccccc5)CNC(=O)N4)ccc32)cc1. The second-order valence-electron chi connectivity index (χ2n) is 8.37. The topological polar surface area (TPSA) is 95.6 Å². The highest BCUT2D eigenvalue weighted by atomic mass is 32.2. The van der Waals surface area contributed by atoms with Crippen molar-refractivity contribution in [3.05, 3.63) is 95.1 Å². The number of urea groups is 1. The number of benzene rings is 3. The summed E-state index contributed by atoms with van der Waals surface area (Å²) in [6.07, 6.45) is 0.555. The molecule has 5 rings (SSSR count). The zero-order valence-electron chi connectivity index (χ0n) is 18.0. The zero-order valence-corrected chi connectivity index (χ0v) is 18.9. The van der Waals surface area contributed by atoms with Gasteiger partial charge in [0.05, 0.1) is 11.4 Å². The molecule has 3 amide bonds. The van der Waals surface area contributed by atoms with Crippen molar-refractivity contribution >= 4 is 27.5 Å². The summed E-state index contributed by atoms with van der Waals surface area (Å²) in [7, 11) is -4.00. The van der Waals surface area contributed by atoms with Crippen LogP contribution in [0.2, 0.25) is 0 Å². The fraction of sp³-hybridized carbons (Fsp3) is 0.200. The van der Waals surface area contributed by atoms with E-state index in [0.717, 1.165) is 11.1 Å². The molecule has 3 aromatic rings. The summed E-state index contributed by atoms with van der Waals surface area (Å²) < 4.78 is 27.7. The highest BCUT2D eigenvalue weighted by Crippen LogP contribution is 2.38. The standard InChI is InChI=1S/C25H23N3O4S/c1-17-7-9-18(10-8-17)23(29)28-14-13-19-15-21(11-12-22(19)28)33(31,32)25(16-26-24(30)27-25)20-5-3-2-4-6-20/h2-12,15H,13-14,16H2,1H3,(H2,26,27,30). The smallest absolute Gasteiger partial charge is 0.316 e. The van der Waals surface area contributed by atoms with Crippen LogP contribution in [0.25, 0.3) is 0 Å². The van der Waals surface area contributed by atoms with Gasteiger partial charge < -0.3 is 15.5 Å². The van der Waals surface area contributed by atoms with Crippen molar-refractivity contribution in [2.24, 2.45) is 0 Å². The minimum atomic E-state index is -4.00. The molecule has 2 N–H and O–H groups in total. The minimum absolute atomic E-state index is 0.0761. The van der Waals surface area contributed by atoms with Gasteiger partial charge in [-0.1, -0.05) is 48.0 Å². The number of fused-ring (bicyclic) bond motifs is 1. The average molecular weight is 462 g/mol. The number of sulfone groups is 1. The van der Waals surface area contributed by atoms with Gasteiger partial charge in [0.25, 0.3) is 5.91 Å². The predicted molar refractivity (Wildman–Crippen MR) is 125 cm³/mol. The van der Waals surface area contributed by atoms with Crippen LogP contribution in [0.1, 0.15) is 27.0 Å². The van der Waals surface area contributed by atoms with Gasteiger partial charge in [0, 0.05) is 17.8 Å². The molecule has 8 heteroatoms. The van der Waals surface area contributed by atoms with Crippen LogP contribution in [0.5, 0.6) is 0 Å². The summed E-state index contributed by atoms with van der Waals surface area (Å²) in [4.78, 5) is 25.3. The quantitative estimate of drug-likeness (QED) is 0.624. The maximum Gasteiger partial charge on any atom is 0.316 e. The molecule has 1 atom stereocenters. The van der Waals surface area contributed by atoms with E-state index in [4.69, 9.17) is 0 Å². The van der Waals surface area contributed by atoms with Crippen molar-refractivity contribution in [3.8, 4) is 0 Å². The average Bonchev–Trinajstić information content (AvgIpc) is 3.44. The van der Waals surface area contributed by atoms with Crippen LogP contribution in [0.3, 0.4) is 0 Å². The Bertz CT molecular complexity index is 1350. The molecule has 7 nitrogen and oxygen atoms in total. The first-order valence-corrected chi connectivity index (χ1v) is 12.2. The second-order valence-corrected chi connectivity index (χ2v) is 10.5. The molecule has 2 aliphatic rings. The molecule has 1 unspecified atom stereocenters. The van der Waals surface area contributed by atoms with Crippen LogP contribution in [0.15, 0.2) is 77.7 Å². The highest BCUT2D eigenvalue weighted by Gasteiger charge is 2.51. The molecule has 33 heavy (non-hydrogen) atoms. The fourth-order valence-corrected chi connectivity index (χ4v) is 6.37. The molecule has 1 saturated heterocycles. The summed E-state index contributed by atoms with van der Waals surface area (Å²) in [6, 6.07) is 20.4. The van der Waals surface area contributed by atoms with Gasteiger partial charge in [-0.15, -0.1) is 0 Å². The summed E-state index contributed by atoms with van der Waals surface area (Å²) in [6.45, 7) is 2.37. The number of hydrogen-bond acceptors (Lipinski definition) is 4. The van der Waals surface area contributed by atoms with Crippen LogP contribution in [-0.4, -0.2) is 33.4 Å². The Morgan fingerprint density at radius 3 is 2.39 bits per heavy atom. The first-order valence-electron chi connectivity index (χ1n) is 10.7. The number of anilines is 1. The summed E-state index contributed by atoms with van der Waals surface area (Å²) >= 11 is 0. The van der Waals surface area contributed by atoms with E-state index in [2.05, 4.69) is 10.6 Å². The second kappa shape index (κ2) is 7.74. The van der Waals surface area contributed by atoms with Gasteiger partial charge in [-0.25, -0.2) is 13.2 Å². The van der Waals surface area contributed by atoms with Gasteiger partial charge in [0.15, 0.2) is 4.87 Å². The Labute approximate surface area is 192 Å². The van der Waals surface area contributed by atoms with Crippen LogP contribution in [0, 0.1) is 6.92 Å². The van der Waals surface area contributed by atoms with E-state index in [1.807, 2.05) is 19.1 Å². The van der Waals surface area contributed by atoms with Crippen LogP contribution < -0.4 is 15.5 Å². The number of hydrogen-bond donors (Lipinski definition) is 2. The monoisotopic (exact) mass is 461 g/mol. The molecule has 2 aliphatic heterocycles. The van der Waals surface area contributed by atoms with Gasteiger partial charge >= 0.3 is 6.03 Å². The first-order chi connectivity index (χ1) is 15.8. The lowest BCUT2D eigenvalue weighted by atomic mass is 10.1. The van der Waals surface area contributed by atoms with Crippen molar-refractivity contribution in [1.82, 2.24) is 10.6 Å². The maximum atomic E-state index is 13.8. The van der Waals surface area contributed by atoms with Crippen molar-refractivity contribution < 1.29 is 18.0 Å². The number of nitrogens with one attached hydrogen (secondary N) is 2. The largest absolute Gasteiger partial charge is 0.334 e. The molecule has 0 aromatic heterocycles. The van der Waals surface area contributed by atoms with Crippen LogP contribution in [-0.2, 0) is 21.1 Å². The molecule has 3 aromatic carbocycles. The third-order valence-corrected chi connectivity index (χ3v) is 8.59. The highest BCUT2D eigenvalue weighted by molar-refractivity contribution is 7.92. The van der Waals surface area contributed by atoms with Gasteiger partial charge in [-0.05, 0) is 54.8 Å². The Morgan fingerprint density at radius 2 is 1.73 bits per heavy atom. The summed E-state index contributed by atoms with van der Waals surface area (Å²) in [5, 5.41) is 5.24. The number of carbonyl (C=O) groups is 2. The molecule has 0 radical (unpaired) electrons. The van der Waals surface area contributed by atoms with Gasteiger partial charge in [-0.3, -0.25) is 4.79 Å². The number of carbonyl (C=O) groups excluding carboxylic acids is 2. The van der Waals surface area contributed by atoms with Gasteiger partial charge in [0.1, 0.15) is 0 Å². The first kappa shape index (κ1) is 21.2. The molecule has 168 valence electrons. The van der Waals surface area contributed by atoms with Crippen molar-refractivity contribution in [1.29, 1.82) is 0 Å². The molecule has 0 saturated carbocycles. The lowest BCUT2D eigenvalue weighted by Crippen LogP contribution is -2.47. The van der Waals surface area contributed by atoms with Gasteiger partial charge in [0.2, 0.25) is 9.84 Å². The van der Waals surface area contributed by atoms with E-state index in [1.54, 1.807) is 59.5 Å². The minimum Gasteiger partial charge on any atom is -0.334 e. The van der Waals surface area contributed by atoms with Crippen LogP contribution >= 0.6 is 0 Å². The number of amides is 3. The third-order valence-electron chi connectivity index (χ3n) is 6.31. The van der Waals surface area contributed by atoms with Crippen molar-refractivity contribution in [2.75, 3.05) is 18.0 Å². The molecular formula is C25H23N3O4S. The van der Waals surface area contributed by atoms with E-state index in [-0.39, 0.29) is 17.3 Å². The normalized spacial score (nSPS) is 19.7. The van der Waals surface area contributed by atoms with Crippen LogP contribution in [0.4, 0.5) is 10.5 Å². The summed E-state index contributed by atoms with van der Waals surface area (Å²) in [5.41, 5.74) is 3.65. The van der Waals surface area contributed by atoms with E-state index in [1.165, 1.54) is 6.07 Å². The van der Waals surface area contributed by atoms with Crippen molar-refractivity contribution in [2.45, 2.75) is 23.1 Å². The number of rotatable bonds is 4. The summed E-state index contributed by atoms with van der Waals surface area (Å²) in [5.74, 6) is -0.114. The van der Waals surface area contributed by atoms with Crippen molar-refractivity contribution in [3.63, 3.8) is 0 Å². The zero-order chi connectivity index (χ0) is 23.2. The lowest BCUT2D eigenvalue weighted by molar-refractivity contribution is 0.0989. The molecule has 0 spiro atoms. The Balaban J connectivity index is 1.52. The maximum absolute atomic E-state index is 13.8. The molecule has 0 bridgehead atoms. The Morgan fingerprint density at radius 1 is 1.00 bits per heavy atom. The van der Waals surface area contributed by atoms with E-state index >= 15 is 0 Å². The Hall–Kier alpha value is -3.65. The number of nitrogens with zero attached hydrogens (tertiary/aromatic N) is 1. The van der Waals surface area contributed by atoms with E-state index in [0.29, 0.717) is 29.8 Å². The molecule has 1 fully saturated rings.